The van der Waals surface area contributed by atoms with Gasteiger partial charge in [-0.05, 0) is 81.8 Å². The smallest absolute Gasteiger partial charge is 0.335 e. The molecule has 0 aliphatic heterocycles. The third kappa shape index (κ3) is 8.64. The monoisotopic (exact) mass is 788 g/mol. The van der Waals surface area contributed by atoms with Crippen molar-refractivity contribution in [2.75, 3.05) is 0 Å². The highest BCUT2D eigenvalue weighted by Gasteiger charge is 2.27. The van der Waals surface area contributed by atoms with E-state index in [-0.39, 0.29) is 6.42 Å². The van der Waals surface area contributed by atoms with Crippen LogP contribution in [0, 0.1) is 3.70 Å². The molecule has 0 radical (unpaired) electrons. The predicted octanol–water partition coefficient (Wildman–Crippen LogP) is 8.20. The van der Waals surface area contributed by atoms with Crippen molar-refractivity contribution < 1.29 is 18.0 Å². The maximum atomic E-state index is 12.3. The van der Waals surface area contributed by atoms with E-state index in [1.54, 1.807) is 37.1 Å². The fourth-order valence-electron chi connectivity index (χ4n) is 5.24. The zero-order valence-electron chi connectivity index (χ0n) is 27.2. The third-order valence-electron chi connectivity index (χ3n) is 7.92. The van der Waals surface area contributed by atoms with Crippen molar-refractivity contribution >= 4 is 64.0 Å². The number of rotatable bonds is 9. The Morgan fingerprint density at radius 3 is 2.24 bits per heavy atom. The number of benzene rings is 1. The first kappa shape index (κ1) is 34.5. The number of nitrogens with zero attached hydrogens (tertiary/aromatic N) is 8. The van der Waals surface area contributed by atoms with E-state index in [1.807, 2.05) is 101 Å². The van der Waals surface area contributed by atoms with Gasteiger partial charge in [0.05, 0.1) is 42.7 Å². The Balaban J connectivity index is 0.000000202. The van der Waals surface area contributed by atoms with Gasteiger partial charge < -0.3 is 9.13 Å². The number of imidazole rings is 4. The van der Waals surface area contributed by atoms with Gasteiger partial charge in [-0.15, -0.1) is 0 Å². The molecular formula is C37H32F3IN8O. The van der Waals surface area contributed by atoms with Crippen molar-refractivity contribution in [3.05, 3.63) is 130 Å². The van der Waals surface area contributed by atoms with Crippen LogP contribution in [0.4, 0.5) is 13.2 Å². The van der Waals surface area contributed by atoms with Crippen LogP contribution >= 0.6 is 22.6 Å². The SMILES string of the molecule is Cn1ccnc1/C=C/c1ccn2c(I)cnc2c1.Cn1cncc1/C=C/c1ccn2c(-c3cccc(CC(=O)CCC(F)(F)F)c3)cnc2c1. The highest BCUT2D eigenvalue weighted by molar-refractivity contribution is 14.1. The number of halogens is 4. The number of carbonyl (C=O) groups is 1. The van der Waals surface area contributed by atoms with Crippen molar-refractivity contribution in [3.63, 3.8) is 0 Å². The predicted molar refractivity (Wildman–Crippen MR) is 197 cm³/mol. The lowest BCUT2D eigenvalue weighted by Gasteiger charge is -2.07. The van der Waals surface area contributed by atoms with Gasteiger partial charge >= 0.3 is 6.18 Å². The van der Waals surface area contributed by atoms with Gasteiger partial charge in [0.2, 0.25) is 0 Å². The number of hydrogen-bond acceptors (Lipinski definition) is 5. The highest BCUT2D eigenvalue weighted by Crippen LogP contribution is 2.25. The Labute approximate surface area is 299 Å². The number of hydrogen-bond donors (Lipinski definition) is 0. The molecule has 0 spiro atoms. The van der Waals surface area contributed by atoms with Crippen LogP contribution in [-0.4, -0.2) is 49.8 Å². The van der Waals surface area contributed by atoms with Gasteiger partial charge in [-0.2, -0.15) is 13.2 Å². The summed E-state index contributed by atoms with van der Waals surface area (Å²) in [7, 11) is 3.90. The Morgan fingerprint density at radius 1 is 0.820 bits per heavy atom. The van der Waals surface area contributed by atoms with E-state index in [9.17, 15) is 18.0 Å². The number of aryl methyl sites for hydroxylation is 2. The topological polar surface area (TPSA) is 87.3 Å². The minimum Gasteiger partial charge on any atom is -0.335 e. The molecule has 6 aromatic heterocycles. The average molecular weight is 789 g/mol. The molecule has 50 heavy (non-hydrogen) atoms. The van der Waals surface area contributed by atoms with Crippen LogP contribution in [0.5, 0.6) is 0 Å². The largest absolute Gasteiger partial charge is 0.389 e. The maximum Gasteiger partial charge on any atom is 0.389 e. The van der Waals surface area contributed by atoms with Gasteiger partial charge in [0, 0.05) is 57.3 Å². The summed E-state index contributed by atoms with van der Waals surface area (Å²) in [4.78, 5) is 29.1. The molecule has 7 aromatic rings. The van der Waals surface area contributed by atoms with Gasteiger partial charge in [0.25, 0.3) is 0 Å². The van der Waals surface area contributed by atoms with Crippen LogP contribution in [0.1, 0.15) is 41.1 Å². The van der Waals surface area contributed by atoms with Crippen LogP contribution in [0.25, 0.3) is 46.9 Å². The molecule has 0 aliphatic rings. The van der Waals surface area contributed by atoms with Gasteiger partial charge in [-0.25, -0.2) is 19.9 Å². The average Bonchev–Trinajstić information content (AvgIpc) is 3.89. The van der Waals surface area contributed by atoms with Crippen LogP contribution in [0.3, 0.4) is 0 Å². The number of fused-ring (bicyclic) bond motifs is 2. The van der Waals surface area contributed by atoms with E-state index < -0.39 is 24.8 Å². The summed E-state index contributed by atoms with van der Waals surface area (Å²) in [5.41, 5.74) is 7.17. The third-order valence-corrected chi connectivity index (χ3v) is 8.72. The second-order valence-corrected chi connectivity index (χ2v) is 12.7. The number of aromatic nitrogens is 8. The standard InChI is InChI=1S/C24H21F3N4O.C13H11IN4/c1-30-16-28-14-20(30)6-5-17-8-10-31-22(15-29-23(31)13-17)19-4-2-3-18(11-19)12-21(32)7-9-24(25,26)27;1-17-7-5-15-12(17)3-2-10-4-6-18-11(14)9-16-13(18)8-10/h2-6,8,10-11,13-16H,7,9,12H2,1H3;2-9H,1H3/b6-5+;3-2+. The summed E-state index contributed by atoms with van der Waals surface area (Å²) in [5.74, 6) is 0.510. The Morgan fingerprint density at radius 2 is 1.54 bits per heavy atom. The van der Waals surface area contributed by atoms with E-state index in [0.29, 0.717) is 5.56 Å². The van der Waals surface area contributed by atoms with E-state index >= 15 is 0 Å². The summed E-state index contributed by atoms with van der Waals surface area (Å²) in [6.45, 7) is 0. The van der Waals surface area contributed by atoms with E-state index in [2.05, 4.69) is 59.1 Å². The Kier molecular flexibility index (Phi) is 10.4. The zero-order valence-corrected chi connectivity index (χ0v) is 29.3. The molecule has 1 aromatic carbocycles. The van der Waals surface area contributed by atoms with Crippen molar-refractivity contribution in [3.8, 4) is 11.3 Å². The van der Waals surface area contributed by atoms with Gasteiger partial charge in [-0.1, -0.05) is 30.4 Å². The lowest BCUT2D eigenvalue weighted by molar-refractivity contribution is -0.143. The molecule has 254 valence electrons. The summed E-state index contributed by atoms with van der Waals surface area (Å²) in [6.07, 6.45) is 16.9. The lowest BCUT2D eigenvalue weighted by atomic mass is 10.0. The number of pyridine rings is 2. The van der Waals surface area contributed by atoms with Crippen molar-refractivity contribution in [2.45, 2.75) is 25.4 Å². The Bertz CT molecular complexity index is 2330. The molecule has 0 saturated carbocycles. The Hall–Kier alpha value is -5.31. The molecule has 7 rings (SSSR count). The molecule has 9 nitrogen and oxygen atoms in total. The molecule has 6 heterocycles. The van der Waals surface area contributed by atoms with E-state index in [0.717, 1.165) is 48.9 Å². The number of ketones is 1. The van der Waals surface area contributed by atoms with E-state index in [1.165, 1.54) is 0 Å². The molecular weight excluding hydrogens is 756 g/mol. The first-order valence-corrected chi connectivity index (χ1v) is 16.7. The minimum absolute atomic E-state index is 0.0242. The summed E-state index contributed by atoms with van der Waals surface area (Å²) in [5, 5.41) is 0. The number of carbonyl (C=O) groups excluding carboxylic acids is 1. The minimum atomic E-state index is -4.32. The van der Waals surface area contributed by atoms with Gasteiger partial charge in [-0.3, -0.25) is 13.6 Å². The van der Waals surface area contributed by atoms with Crippen molar-refractivity contribution in [1.82, 2.24) is 37.9 Å². The summed E-state index contributed by atoms with van der Waals surface area (Å²) in [6, 6.07) is 15.3. The van der Waals surface area contributed by atoms with Crippen molar-refractivity contribution in [2.24, 2.45) is 14.1 Å². The first-order chi connectivity index (χ1) is 24.0. The van der Waals surface area contributed by atoms with E-state index in [4.69, 9.17) is 0 Å². The zero-order chi connectivity index (χ0) is 35.3. The lowest BCUT2D eigenvalue weighted by Crippen LogP contribution is -2.12. The molecule has 0 amide bonds. The normalized spacial score (nSPS) is 12.0. The van der Waals surface area contributed by atoms with Crippen LogP contribution in [0.15, 0.2) is 98.2 Å². The van der Waals surface area contributed by atoms with Crippen molar-refractivity contribution in [1.29, 1.82) is 0 Å². The molecule has 0 unspecified atom stereocenters. The fourth-order valence-corrected chi connectivity index (χ4v) is 5.79. The first-order valence-electron chi connectivity index (χ1n) is 15.6. The fraction of sp³-hybridized carbons (Fsp3) is 0.162. The molecule has 0 N–H and O–H groups in total. The summed E-state index contributed by atoms with van der Waals surface area (Å²) >= 11 is 2.27. The van der Waals surface area contributed by atoms with Crippen LogP contribution in [0.2, 0.25) is 0 Å². The molecule has 0 aliphatic carbocycles. The molecule has 0 atom stereocenters. The van der Waals surface area contributed by atoms with Crippen LogP contribution < -0.4 is 0 Å². The molecule has 0 saturated heterocycles. The molecule has 0 bridgehead atoms. The maximum absolute atomic E-state index is 12.3. The number of alkyl halides is 3. The molecule has 13 heteroatoms. The number of Topliss-reactive ketones (excluding diaryl/α,β-unsaturated/α-hetero) is 1. The second kappa shape index (κ2) is 15.1. The second-order valence-electron chi connectivity index (χ2n) is 11.6. The highest BCUT2D eigenvalue weighted by atomic mass is 127. The van der Waals surface area contributed by atoms with Gasteiger partial charge in [0.1, 0.15) is 26.6 Å². The summed E-state index contributed by atoms with van der Waals surface area (Å²) < 4.78 is 46.1. The van der Waals surface area contributed by atoms with Gasteiger partial charge in [0.15, 0.2) is 0 Å². The molecule has 0 fully saturated rings. The quantitative estimate of drug-likeness (QED) is 0.138. The van der Waals surface area contributed by atoms with Crippen LogP contribution in [-0.2, 0) is 25.3 Å².